The molecule has 1 aliphatic carbocycles. The topological polar surface area (TPSA) is 64.4 Å². The van der Waals surface area contributed by atoms with E-state index in [1.54, 1.807) is 12.1 Å². The van der Waals surface area contributed by atoms with E-state index in [2.05, 4.69) is 10.1 Å². The normalized spacial score (nSPS) is 22.6. The number of amides is 1. The highest BCUT2D eigenvalue weighted by Crippen LogP contribution is 2.27. The molecule has 122 valence electrons. The molecule has 0 spiro atoms. The molecule has 0 radical (unpaired) electrons. The van der Waals surface area contributed by atoms with Crippen LogP contribution in [0.15, 0.2) is 24.3 Å². The first-order valence-corrected chi connectivity index (χ1v) is 7.55. The van der Waals surface area contributed by atoms with Gasteiger partial charge in [-0.2, -0.15) is 8.78 Å². The monoisotopic (exact) mass is 312 g/mol. The number of carbonyl (C=O) groups is 1. The van der Waals surface area contributed by atoms with Crippen molar-refractivity contribution in [1.82, 2.24) is 5.32 Å². The van der Waals surface area contributed by atoms with E-state index < -0.39 is 6.61 Å². The van der Waals surface area contributed by atoms with Gasteiger partial charge in [0.2, 0.25) is 5.91 Å². The summed E-state index contributed by atoms with van der Waals surface area (Å²) in [6, 6.07) is 6.21. The maximum Gasteiger partial charge on any atom is 0.387 e. The smallest absolute Gasteiger partial charge is 0.387 e. The van der Waals surface area contributed by atoms with Gasteiger partial charge in [-0.05, 0) is 43.4 Å². The van der Waals surface area contributed by atoms with Gasteiger partial charge in [0.05, 0.1) is 6.04 Å². The van der Waals surface area contributed by atoms with E-state index >= 15 is 0 Å². The van der Waals surface area contributed by atoms with Gasteiger partial charge in [0.15, 0.2) is 0 Å². The minimum absolute atomic E-state index is 0.0252. The number of rotatable bonds is 6. The molecule has 4 nitrogen and oxygen atoms in total. The number of halogens is 2. The first kappa shape index (κ1) is 16.7. The van der Waals surface area contributed by atoms with Gasteiger partial charge in [0.25, 0.3) is 0 Å². The Morgan fingerprint density at radius 2 is 2.05 bits per heavy atom. The summed E-state index contributed by atoms with van der Waals surface area (Å²) in [7, 11) is 0. The van der Waals surface area contributed by atoms with Gasteiger partial charge in [0, 0.05) is 12.5 Å². The molecule has 2 rings (SSSR count). The number of nitrogens with one attached hydrogen (secondary N) is 1. The summed E-state index contributed by atoms with van der Waals surface area (Å²) < 4.78 is 28.5. The second-order valence-corrected chi connectivity index (χ2v) is 5.80. The van der Waals surface area contributed by atoms with Crippen molar-refractivity contribution in [2.75, 3.05) is 0 Å². The molecular formula is C16H22F2N2O2. The minimum atomic E-state index is -2.83. The second kappa shape index (κ2) is 7.54. The van der Waals surface area contributed by atoms with E-state index in [9.17, 15) is 13.6 Å². The van der Waals surface area contributed by atoms with Crippen molar-refractivity contribution < 1.29 is 18.3 Å². The molecule has 0 saturated heterocycles. The van der Waals surface area contributed by atoms with Gasteiger partial charge >= 0.3 is 6.61 Å². The van der Waals surface area contributed by atoms with Crippen LogP contribution in [0.5, 0.6) is 5.75 Å². The molecule has 3 atom stereocenters. The summed E-state index contributed by atoms with van der Waals surface area (Å²) in [4.78, 5) is 12.1. The van der Waals surface area contributed by atoms with E-state index in [-0.39, 0.29) is 29.7 Å². The average Bonchev–Trinajstić information content (AvgIpc) is 2.84. The molecule has 1 fully saturated rings. The highest BCUT2D eigenvalue weighted by Gasteiger charge is 2.26. The fourth-order valence-corrected chi connectivity index (χ4v) is 2.88. The van der Waals surface area contributed by atoms with Crippen LogP contribution in [0, 0.1) is 5.92 Å². The lowest BCUT2D eigenvalue weighted by Crippen LogP contribution is -2.32. The second-order valence-electron chi connectivity index (χ2n) is 5.80. The SMILES string of the molecule is CC(NC(=O)C[C@@H]1CCC[C@H]1N)c1ccc(OC(F)F)cc1. The van der Waals surface area contributed by atoms with Gasteiger partial charge in [-0.1, -0.05) is 18.6 Å². The summed E-state index contributed by atoms with van der Waals surface area (Å²) in [6.07, 6.45) is 3.51. The van der Waals surface area contributed by atoms with Gasteiger partial charge < -0.3 is 15.8 Å². The predicted octanol–water partition coefficient (Wildman–Crippen LogP) is 2.98. The Hall–Kier alpha value is -1.69. The van der Waals surface area contributed by atoms with Crippen molar-refractivity contribution in [3.63, 3.8) is 0 Å². The maximum atomic E-state index is 12.1. The quantitative estimate of drug-likeness (QED) is 0.849. The van der Waals surface area contributed by atoms with Crippen molar-refractivity contribution in [1.29, 1.82) is 0 Å². The number of nitrogens with two attached hydrogens (primary N) is 1. The third-order valence-electron chi connectivity index (χ3n) is 4.15. The number of alkyl halides is 2. The van der Waals surface area contributed by atoms with Crippen molar-refractivity contribution in [3.05, 3.63) is 29.8 Å². The van der Waals surface area contributed by atoms with E-state index in [4.69, 9.17) is 5.73 Å². The van der Waals surface area contributed by atoms with Crippen molar-refractivity contribution in [2.45, 2.75) is 51.3 Å². The molecular weight excluding hydrogens is 290 g/mol. The molecule has 0 bridgehead atoms. The number of hydrogen-bond donors (Lipinski definition) is 2. The zero-order valence-corrected chi connectivity index (χ0v) is 12.6. The third-order valence-corrected chi connectivity index (χ3v) is 4.15. The van der Waals surface area contributed by atoms with Crippen LogP contribution in [0.4, 0.5) is 8.78 Å². The van der Waals surface area contributed by atoms with Crippen LogP contribution in [-0.4, -0.2) is 18.6 Å². The Morgan fingerprint density at radius 3 is 2.59 bits per heavy atom. The van der Waals surface area contributed by atoms with Gasteiger partial charge in [0.1, 0.15) is 5.75 Å². The van der Waals surface area contributed by atoms with Gasteiger partial charge in [-0.25, -0.2) is 0 Å². The summed E-state index contributed by atoms with van der Waals surface area (Å²) in [5.41, 5.74) is 6.81. The molecule has 6 heteroatoms. The van der Waals surface area contributed by atoms with E-state index in [1.807, 2.05) is 6.92 Å². The lowest BCUT2D eigenvalue weighted by molar-refractivity contribution is -0.122. The highest BCUT2D eigenvalue weighted by molar-refractivity contribution is 5.76. The fraction of sp³-hybridized carbons (Fsp3) is 0.562. The summed E-state index contributed by atoms with van der Waals surface area (Å²) in [6.45, 7) is -0.978. The van der Waals surface area contributed by atoms with Gasteiger partial charge in [-0.3, -0.25) is 4.79 Å². The molecule has 22 heavy (non-hydrogen) atoms. The Morgan fingerprint density at radius 1 is 1.36 bits per heavy atom. The molecule has 0 aliphatic heterocycles. The lowest BCUT2D eigenvalue weighted by atomic mass is 9.99. The van der Waals surface area contributed by atoms with Gasteiger partial charge in [-0.15, -0.1) is 0 Å². The average molecular weight is 312 g/mol. The van der Waals surface area contributed by atoms with Crippen LogP contribution in [0.2, 0.25) is 0 Å². The number of ether oxygens (including phenoxy) is 1. The summed E-state index contributed by atoms with van der Waals surface area (Å²) in [5.74, 6) is 0.339. The molecule has 1 aliphatic rings. The minimum Gasteiger partial charge on any atom is -0.435 e. The van der Waals surface area contributed by atoms with E-state index in [1.165, 1.54) is 12.1 Å². The molecule has 3 N–H and O–H groups in total. The van der Waals surface area contributed by atoms with Crippen molar-refractivity contribution in [2.24, 2.45) is 11.7 Å². The zero-order valence-electron chi connectivity index (χ0n) is 12.6. The number of benzene rings is 1. The first-order chi connectivity index (χ1) is 10.5. The highest BCUT2D eigenvalue weighted by atomic mass is 19.3. The molecule has 0 heterocycles. The molecule has 1 amide bonds. The fourth-order valence-electron chi connectivity index (χ4n) is 2.88. The molecule has 1 unspecified atom stereocenters. The summed E-state index contributed by atoms with van der Waals surface area (Å²) in [5, 5.41) is 2.92. The number of hydrogen-bond acceptors (Lipinski definition) is 3. The van der Waals surface area contributed by atoms with Crippen LogP contribution < -0.4 is 15.8 Å². The van der Waals surface area contributed by atoms with Crippen molar-refractivity contribution in [3.8, 4) is 5.75 Å². The Bertz CT molecular complexity index is 493. The first-order valence-electron chi connectivity index (χ1n) is 7.55. The van der Waals surface area contributed by atoms with Crippen LogP contribution in [0.3, 0.4) is 0 Å². The van der Waals surface area contributed by atoms with Crippen LogP contribution in [-0.2, 0) is 4.79 Å². The third kappa shape index (κ3) is 4.66. The van der Waals surface area contributed by atoms with Crippen LogP contribution >= 0.6 is 0 Å². The Kier molecular flexibility index (Phi) is 5.71. The van der Waals surface area contributed by atoms with E-state index in [0.29, 0.717) is 6.42 Å². The molecule has 1 saturated carbocycles. The Balaban J connectivity index is 1.85. The van der Waals surface area contributed by atoms with Crippen molar-refractivity contribution >= 4 is 5.91 Å². The zero-order chi connectivity index (χ0) is 16.1. The van der Waals surface area contributed by atoms with Crippen LogP contribution in [0.1, 0.15) is 44.2 Å². The number of carbonyl (C=O) groups excluding carboxylic acids is 1. The van der Waals surface area contributed by atoms with E-state index in [0.717, 1.165) is 24.8 Å². The molecule has 1 aromatic carbocycles. The Labute approximate surface area is 129 Å². The molecule has 1 aromatic rings. The maximum absolute atomic E-state index is 12.1. The largest absolute Gasteiger partial charge is 0.435 e. The summed E-state index contributed by atoms with van der Waals surface area (Å²) >= 11 is 0. The standard InChI is InChI=1S/C16H22F2N2O2/c1-10(11-5-7-13(8-6-11)22-16(17)18)20-15(21)9-12-3-2-4-14(12)19/h5-8,10,12,14,16H,2-4,9,19H2,1H3,(H,20,21)/t10?,12-,14+/m0/s1. The van der Waals surface area contributed by atoms with Crippen LogP contribution in [0.25, 0.3) is 0 Å². The molecule has 0 aromatic heterocycles. The lowest BCUT2D eigenvalue weighted by Gasteiger charge is -2.18. The predicted molar refractivity (Wildman–Crippen MR) is 79.6 cm³/mol.